The van der Waals surface area contributed by atoms with Crippen LogP contribution >= 0.6 is 11.6 Å². The van der Waals surface area contributed by atoms with Gasteiger partial charge in [0.15, 0.2) is 5.82 Å². The monoisotopic (exact) mass is 270 g/mol. The molecule has 1 rings (SSSR count). The molecular formula is C12H19ClN4O. The summed E-state index contributed by atoms with van der Waals surface area (Å²) in [6.07, 6.45) is 4.40. The molecule has 0 spiro atoms. The van der Waals surface area contributed by atoms with Crippen LogP contribution in [-0.2, 0) is 0 Å². The number of anilines is 1. The van der Waals surface area contributed by atoms with Gasteiger partial charge in [0.1, 0.15) is 0 Å². The highest BCUT2D eigenvalue weighted by Crippen LogP contribution is 2.12. The first kappa shape index (κ1) is 14.9. The second kappa shape index (κ2) is 7.28. The van der Waals surface area contributed by atoms with E-state index in [1.54, 1.807) is 6.08 Å². The van der Waals surface area contributed by atoms with Crippen molar-refractivity contribution in [1.82, 2.24) is 15.0 Å². The largest absolute Gasteiger partial charge is 0.394 e. The molecule has 0 aliphatic carbocycles. The summed E-state index contributed by atoms with van der Waals surface area (Å²) < 4.78 is 0. The van der Waals surface area contributed by atoms with Crippen LogP contribution in [0.4, 0.5) is 5.95 Å². The number of hydrogen-bond acceptors (Lipinski definition) is 5. The summed E-state index contributed by atoms with van der Waals surface area (Å²) in [5.41, 5.74) is 0. The quantitative estimate of drug-likeness (QED) is 0.830. The molecule has 0 saturated carbocycles. The van der Waals surface area contributed by atoms with E-state index >= 15 is 0 Å². The van der Waals surface area contributed by atoms with E-state index in [2.05, 4.69) is 34.1 Å². The minimum atomic E-state index is -0.0816. The molecule has 1 unspecified atom stereocenters. The third-order valence-corrected chi connectivity index (χ3v) is 2.42. The minimum Gasteiger partial charge on any atom is -0.394 e. The first-order valence-electron chi connectivity index (χ1n) is 5.96. The lowest BCUT2D eigenvalue weighted by Crippen LogP contribution is -2.27. The number of hydrogen-bond donors (Lipinski definition) is 2. The predicted molar refractivity (Wildman–Crippen MR) is 73.5 cm³/mol. The van der Waals surface area contributed by atoms with E-state index in [1.165, 1.54) is 0 Å². The molecule has 0 radical (unpaired) electrons. The molecule has 1 atom stereocenters. The molecular weight excluding hydrogens is 252 g/mol. The molecule has 5 nitrogen and oxygen atoms in total. The van der Waals surface area contributed by atoms with Crippen LogP contribution < -0.4 is 5.32 Å². The standard InChI is InChI=1S/C12H19ClN4O/c1-4-5-10-15-11(13)17-12(16-10)14-9(7-18)6-8(2)3/h4-5,8-9,18H,6-7H2,1-3H3,(H,14,15,16,17). The summed E-state index contributed by atoms with van der Waals surface area (Å²) in [7, 11) is 0. The van der Waals surface area contributed by atoms with E-state index in [1.807, 2.05) is 13.0 Å². The first-order valence-corrected chi connectivity index (χ1v) is 6.34. The van der Waals surface area contributed by atoms with Crippen molar-refractivity contribution in [3.8, 4) is 0 Å². The fraction of sp³-hybridized carbons (Fsp3) is 0.583. The molecule has 0 bridgehead atoms. The van der Waals surface area contributed by atoms with E-state index in [-0.39, 0.29) is 17.9 Å². The van der Waals surface area contributed by atoms with Crippen LogP contribution in [0.25, 0.3) is 6.08 Å². The minimum absolute atomic E-state index is 0.0282. The third-order valence-electron chi connectivity index (χ3n) is 2.25. The molecule has 1 aromatic heterocycles. The summed E-state index contributed by atoms with van der Waals surface area (Å²) in [6, 6.07) is -0.0816. The number of aliphatic hydroxyl groups excluding tert-OH is 1. The topological polar surface area (TPSA) is 70.9 Å². The maximum Gasteiger partial charge on any atom is 0.227 e. The van der Waals surface area contributed by atoms with Crippen molar-refractivity contribution in [2.24, 2.45) is 5.92 Å². The van der Waals surface area contributed by atoms with E-state index in [9.17, 15) is 5.11 Å². The van der Waals surface area contributed by atoms with Gasteiger partial charge in [-0.25, -0.2) is 0 Å². The molecule has 100 valence electrons. The van der Waals surface area contributed by atoms with E-state index in [0.29, 0.717) is 17.7 Å². The Bertz CT molecular complexity index is 409. The Morgan fingerprint density at radius 2 is 2.06 bits per heavy atom. The maximum absolute atomic E-state index is 9.30. The molecule has 1 aromatic rings. The van der Waals surface area contributed by atoms with Crippen molar-refractivity contribution in [2.45, 2.75) is 33.2 Å². The zero-order chi connectivity index (χ0) is 13.5. The van der Waals surface area contributed by atoms with Crippen LogP contribution in [0.15, 0.2) is 6.08 Å². The maximum atomic E-state index is 9.30. The van der Waals surface area contributed by atoms with Crippen LogP contribution in [0.1, 0.15) is 33.0 Å². The van der Waals surface area contributed by atoms with Gasteiger partial charge in [0.2, 0.25) is 11.2 Å². The van der Waals surface area contributed by atoms with Gasteiger partial charge < -0.3 is 10.4 Å². The highest BCUT2D eigenvalue weighted by molar-refractivity contribution is 6.28. The number of allylic oxidation sites excluding steroid dienone is 1. The predicted octanol–water partition coefficient (Wildman–Crippen LogP) is 2.38. The second-order valence-corrected chi connectivity index (χ2v) is 4.78. The summed E-state index contributed by atoms with van der Waals surface area (Å²) in [6.45, 7) is 6.09. The summed E-state index contributed by atoms with van der Waals surface area (Å²) in [5, 5.41) is 12.5. The van der Waals surface area contributed by atoms with E-state index in [4.69, 9.17) is 11.6 Å². The fourth-order valence-corrected chi connectivity index (χ4v) is 1.75. The van der Waals surface area contributed by atoms with Crippen LogP contribution in [0.5, 0.6) is 0 Å². The summed E-state index contributed by atoms with van der Waals surface area (Å²) >= 11 is 5.82. The molecule has 0 aromatic carbocycles. The van der Waals surface area contributed by atoms with Gasteiger partial charge in [0.25, 0.3) is 0 Å². The van der Waals surface area contributed by atoms with Crippen molar-refractivity contribution >= 4 is 23.6 Å². The fourth-order valence-electron chi connectivity index (χ4n) is 1.58. The SMILES string of the molecule is CC=Cc1nc(Cl)nc(NC(CO)CC(C)C)n1. The van der Waals surface area contributed by atoms with Crippen molar-refractivity contribution < 1.29 is 5.11 Å². The Kier molecular flexibility index (Phi) is 6.01. The van der Waals surface area contributed by atoms with Crippen molar-refractivity contribution in [3.63, 3.8) is 0 Å². The number of nitrogens with zero attached hydrogens (tertiary/aromatic N) is 3. The van der Waals surface area contributed by atoms with Gasteiger partial charge in [0.05, 0.1) is 12.6 Å². The normalized spacial score (nSPS) is 13.2. The molecule has 6 heteroatoms. The Labute approximate surface area is 112 Å². The number of halogens is 1. The van der Waals surface area contributed by atoms with Gasteiger partial charge in [-0.3, -0.25) is 0 Å². The Morgan fingerprint density at radius 3 is 2.61 bits per heavy atom. The smallest absolute Gasteiger partial charge is 0.227 e. The average Bonchev–Trinajstić information content (AvgIpc) is 2.27. The zero-order valence-electron chi connectivity index (χ0n) is 10.9. The molecule has 18 heavy (non-hydrogen) atoms. The molecule has 0 aliphatic heterocycles. The number of nitrogens with one attached hydrogen (secondary N) is 1. The van der Waals surface area contributed by atoms with Gasteiger partial charge in [-0.05, 0) is 36.9 Å². The Hall–Kier alpha value is -1.20. The Balaban J connectivity index is 2.82. The van der Waals surface area contributed by atoms with Crippen LogP contribution in [-0.4, -0.2) is 32.7 Å². The molecule has 0 aliphatic rings. The second-order valence-electron chi connectivity index (χ2n) is 4.44. The number of aromatic nitrogens is 3. The molecule has 1 heterocycles. The van der Waals surface area contributed by atoms with Crippen LogP contribution in [0.2, 0.25) is 5.28 Å². The van der Waals surface area contributed by atoms with Gasteiger partial charge in [-0.2, -0.15) is 15.0 Å². The van der Waals surface area contributed by atoms with Crippen LogP contribution in [0, 0.1) is 5.92 Å². The molecule has 0 amide bonds. The van der Waals surface area contributed by atoms with Gasteiger partial charge >= 0.3 is 0 Å². The van der Waals surface area contributed by atoms with Crippen LogP contribution in [0.3, 0.4) is 0 Å². The van der Waals surface area contributed by atoms with Crippen molar-refractivity contribution in [1.29, 1.82) is 0 Å². The average molecular weight is 271 g/mol. The van der Waals surface area contributed by atoms with Crippen molar-refractivity contribution in [3.05, 3.63) is 17.2 Å². The molecule has 0 saturated heterocycles. The van der Waals surface area contributed by atoms with E-state index in [0.717, 1.165) is 6.42 Å². The number of rotatable bonds is 6. The molecule has 2 N–H and O–H groups in total. The first-order chi connectivity index (χ1) is 8.55. The lowest BCUT2D eigenvalue weighted by molar-refractivity contribution is 0.259. The lowest BCUT2D eigenvalue weighted by Gasteiger charge is -2.18. The molecule has 0 fully saturated rings. The summed E-state index contributed by atoms with van der Waals surface area (Å²) in [4.78, 5) is 12.2. The van der Waals surface area contributed by atoms with Gasteiger partial charge in [-0.15, -0.1) is 0 Å². The lowest BCUT2D eigenvalue weighted by atomic mass is 10.0. The highest BCUT2D eigenvalue weighted by atomic mass is 35.5. The summed E-state index contributed by atoms with van der Waals surface area (Å²) in [5.74, 6) is 1.37. The zero-order valence-corrected chi connectivity index (χ0v) is 11.6. The van der Waals surface area contributed by atoms with Gasteiger partial charge in [-0.1, -0.05) is 19.9 Å². The highest BCUT2D eigenvalue weighted by Gasteiger charge is 2.12. The Morgan fingerprint density at radius 1 is 1.33 bits per heavy atom. The third kappa shape index (κ3) is 4.98. The number of aliphatic hydroxyl groups is 1. The van der Waals surface area contributed by atoms with Gasteiger partial charge in [0, 0.05) is 0 Å². The van der Waals surface area contributed by atoms with E-state index < -0.39 is 0 Å². The van der Waals surface area contributed by atoms with Crippen molar-refractivity contribution in [2.75, 3.05) is 11.9 Å².